The Balaban J connectivity index is 1.17. The molecule has 1 spiro atoms. The second-order valence-electron chi connectivity index (χ2n) is 9.69. The summed E-state index contributed by atoms with van der Waals surface area (Å²) in [5.74, 6) is 1.04. The van der Waals surface area contributed by atoms with Crippen molar-refractivity contribution in [2.24, 2.45) is 11.1 Å². The number of aromatic nitrogens is 1. The zero-order valence-electron chi connectivity index (χ0n) is 19.4. The van der Waals surface area contributed by atoms with Gasteiger partial charge in [-0.25, -0.2) is 4.98 Å². The number of benzene rings is 1. The number of likely N-dealkylation sites (tertiary alicyclic amines) is 2. The summed E-state index contributed by atoms with van der Waals surface area (Å²) in [5.41, 5.74) is 10.7. The summed E-state index contributed by atoms with van der Waals surface area (Å²) in [6.45, 7) is 4.40. The van der Waals surface area contributed by atoms with E-state index in [4.69, 9.17) is 10.6 Å². The quantitative estimate of drug-likeness (QED) is 0.728. The number of amides is 1. The third-order valence-corrected chi connectivity index (χ3v) is 7.74. The minimum Gasteiger partial charge on any atom is -0.399 e. The number of carbonyl (C=O) groups excluding carboxylic acids is 1. The van der Waals surface area contributed by atoms with Crippen LogP contribution >= 0.6 is 0 Å². The van der Waals surface area contributed by atoms with E-state index in [1.165, 1.54) is 16.7 Å². The summed E-state index contributed by atoms with van der Waals surface area (Å²) in [4.78, 5) is 27.0. The molecule has 7 heteroatoms. The Morgan fingerprint density at radius 2 is 1.94 bits per heavy atom. The van der Waals surface area contributed by atoms with Crippen LogP contribution in [-0.2, 0) is 21.6 Å². The van der Waals surface area contributed by atoms with Gasteiger partial charge in [-0.1, -0.05) is 29.4 Å². The number of oxime groups is 1. The van der Waals surface area contributed by atoms with E-state index >= 15 is 0 Å². The number of piperidine rings is 2. The van der Waals surface area contributed by atoms with Gasteiger partial charge in [-0.15, -0.1) is 0 Å². The van der Waals surface area contributed by atoms with Gasteiger partial charge >= 0.3 is 0 Å². The Kier molecular flexibility index (Phi) is 6.06. The zero-order chi connectivity index (χ0) is 22.8. The van der Waals surface area contributed by atoms with Crippen molar-refractivity contribution in [2.75, 3.05) is 39.0 Å². The van der Waals surface area contributed by atoms with Gasteiger partial charge < -0.3 is 15.5 Å². The van der Waals surface area contributed by atoms with Gasteiger partial charge in [-0.3, -0.25) is 9.69 Å². The van der Waals surface area contributed by atoms with E-state index < -0.39 is 0 Å². The fraction of sp³-hybridized carbons (Fsp3) is 0.500. The van der Waals surface area contributed by atoms with E-state index in [-0.39, 0.29) is 11.3 Å². The molecular formula is C26H33N5O2. The minimum absolute atomic E-state index is 0.0838. The first kappa shape index (κ1) is 21.9. The molecule has 1 amide bonds. The van der Waals surface area contributed by atoms with Gasteiger partial charge in [0.2, 0.25) is 5.91 Å². The van der Waals surface area contributed by atoms with Crippen LogP contribution in [0.2, 0.25) is 0 Å². The van der Waals surface area contributed by atoms with Crippen LogP contribution in [0.1, 0.15) is 48.8 Å². The maximum absolute atomic E-state index is 13.3. The summed E-state index contributed by atoms with van der Waals surface area (Å²) >= 11 is 0. The standard InChI is InChI=1S/C26H33N5O2/c1-33-29-23-17-26(22-5-3-2-4-21(22)23)9-14-31(15-10-26)25(32)20-7-12-30(13-8-20)18-19-6-11-28-24(27)16-19/h2-6,11,16,20H,7-10,12-15,17-18H2,1H3,(H2,27,28)/b29-23+. The molecule has 2 saturated heterocycles. The van der Waals surface area contributed by atoms with Crippen LogP contribution in [0, 0.1) is 5.92 Å². The van der Waals surface area contributed by atoms with Crippen molar-refractivity contribution < 1.29 is 9.63 Å². The van der Waals surface area contributed by atoms with Gasteiger partial charge in [0, 0.05) is 49.1 Å². The lowest BCUT2D eigenvalue weighted by Gasteiger charge is -2.42. The Bertz CT molecular complexity index is 1040. The van der Waals surface area contributed by atoms with Crippen molar-refractivity contribution in [1.82, 2.24) is 14.8 Å². The Hall–Kier alpha value is -2.93. The molecule has 174 valence electrons. The second kappa shape index (κ2) is 9.14. The summed E-state index contributed by atoms with van der Waals surface area (Å²) in [6, 6.07) is 12.5. The highest BCUT2D eigenvalue weighted by Gasteiger charge is 2.45. The molecule has 2 aromatic rings. The highest BCUT2D eigenvalue weighted by Crippen LogP contribution is 2.46. The minimum atomic E-state index is 0.0838. The zero-order valence-corrected chi connectivity index (χ0v) is 19.4. The van der Waals surface area contributed by atoms with E-state index in [0.29, 0.717) is 11.7 Å². The van der Waals surface area contributed by atoms with Crippen molar-refractivity contribution in [3.05, 3.63) is 59.3 Å². The molecular weight excluding hydrogens is 414 g/mol. The molecule has 2 aliphatic heterocycles. The summed E-state index contributed by atoms with van der Waals surface area (Å²) in [5, 5.41) is 4.30. The number of anilines is 1. The molecule has 1 aliphatic carbocycles. The van der Waals surface area contributed by atoms with Gasteiger partial charge in [0.05, 0.1) is 5.71 Å². The molecule has 3 aliphatic rings. The average molecular weight is 448 g/mol. The molecule has 0 radical (unpaired) electrons. The Morgan fingerprint density at radius 1 is 1.18 bits per heavy atom. The number of carbonyl (C=O) groups is 1. The lowest BCUT2D eigenvalue weighted by molar-refractivity contribution is -0.138. The number of hydrogen-bond donors (Lipinski definition) is 1. The van der Waals surface area contributed by atoms with Gasteiger partial charge in [0.1, 0.15) is 12.9 Å². The summed E-state index contributed by atoms with van der Waals surface area (Å²) in [6.07, 6.45) is 6.49. The molecule has 1 aromatic heterocycles. The van der Waals surface area contributed by atoms with E-state index in [1.54, 1.807) is 13.3 Å². The van der Waals surface area contributed by atoms with E-state index in [1.807, 2.05) is 12.1 Å². The molecule has 33 heavy (non-hydrogen) atoms. The molecule has 0 unspecified atom stereocenters. The summed E-state index contributed by atoms with van der Waals surface area (Å²) in [7, 11) is 1.61. The van der Waals surface area contributed by atoms with Gasteiger partial charge in [-0.2, -0.15) is 0 Å². The lowest BCUT2D eigenvalue weighted by Crippen LogP contribution is -2.48. The van der Waals surface area contributed by atoms with Crippen LogP contribution in [0.15, 0.2) is 47.8 Å². The number of rotatable bonds is 4. The van der Waals surface area contributed by atoms with Crippen LogP contribution in [0.5, 0.6) is 0 Å². The van der Waals surface area contributed by atoms with Crippen LogP contribution in [0.25, 0.3) is 0 Å². The molecule has 1 aromatic carbocycles. The molecule has 0 atom stereocenters. The Labute approximate surface area is 195 Å². The van der Waals surface area contributed by atoms with Crippen molar-refractivity contribution in [2.45, 2.75) is 44.1 Å². The molecule has 0 saturated carbocycles. The topological polar surface area (TPSA) is 84.0 Å². The number of pyridine rings is 1. The predicted octanol–water partition coefficient (Wildman–Crippen LogP) is 3.19. The van der Waals surface area contributed by atoms with E-state index in [2.05, 4.69) is 44.2 Å². The first-order valence-electron chi connectivity index (χ1n) is 12.0. The summed E-state index contributed by atoms with van der Waals surface area (Å²) < 4.78 is 0. The highest BCUT2D eigenvalue weighted by molar-refractivity contribution is 6.05. The SMILES string of the molecule is CO/N=C1\CC2(CCN(C(=O)C3CCN(Cc4ccnc(N)c4)CC3)CC2)c2ccccc21. The van der Waals surface area contributed by atoms with Crippen LogP contribution in [-0.4, -0.2) is 59.7 Å². The number of nitrogens with two attached hydrogens (primary N) is 1. The largest absolute Gasteiger partial charge is 0.399 e. The monoisotopic (exact) mass is 447 g/mol. The first-order chi connectivity index (χ1) is 16.1. The molecule has 0 bridgehead atoms. The van der Waals surface area contributed by atoms with Gasteiger partial charge in [0.15, 0.2) is 0 Å². The molecule has 2 fully saturated rings. The third kappa shape index (κ3) is 4.34. The van der Waals surface area contributed by atoms with E-state index in [9.17, 15) is 4.79 Å². The Morgan fingerprint density at radius 3 is 2.67 bits per heavy atom. The molecule has 3 heterocycles. The fourth-order valence-electron chi connectivity index (χ4n) is 5.95. The number of nitrogens with zero attached hydrogens (tertiary/aromatic N) is 4. The third-order valence-electron chi connectivity index (χ3n) is 7.74. The van der Waals surface area contributed by atoms with Crippen LogP contribution in [0.4, 0.5) is 5.82 Å². The lowest BCUT2D eigenvalue weighted by atomic mass is 9.73. The highest BCUT2D eigenvalue weighted by atomic mass is 16.6. The molecule has 2 N–H and O–H groups in total. The second-order valence-corrected chi connectivity index (χ2v) is 9.69. The fourth-order valence-corrected chi connectivity index (χ4v) is 5.95. The molecule has 7 nitrogen and oxygen atoms in total. The van der Waals surface area contributed by atoms with Gasteiger partial charge in [0.25, 0.3) is 0 Å². The average Bonchev–Trinajstić information content (AvgIpc) is 3.13. The number of hydrogen-bond acceptors (Lipinski definition) is 6. The van der Waals surface area contributed by atoms with Crippen molar-refractivity contribution >= 4 is 17.4 Å². The molecule has 5 rings (SSSR count). The maximum atomic E-state index is 13.3. The number of fused-ring (bicyclic) bond motifs is 2. The van der Waals surface area contributed by atoms with Crippen molar-refractivity contribution in [3.8, 4) is 0 Å². The number of nitrogen functional groups attached to an aromatic ring is 1. The van der Waals surface area contributed by atoms with Crippen molar-refractivity contribution in [3.63, 3.8) is 0 Å². The predicted molar refractivity (Wildman–Crippen MR) is 129 cm³/mol. The maximum Gasteiger partial charge on any atom is 0.225 e. The van der Waals surface area contributed by atoms with Gasteiger partial charge in [-0.05, 0) is 62.0 Å². The van der Waals surface area contributed by atoms with Crippen LogP contribution in [0.3, 0.4) is 0 Å². The van der Waals surface area contributed by atoms with E-state index in [0.717, 1.165) is 70.5 Å². The van der Waals surface area contributed by atoms with Crippen LogP contribution < -0.4 is 5.73 Å². The smallest absolute Gasteiger partial charge is 0.225 e. The van der Waals surface area contributed by atoms with Crippen molar-refractivity contribution in [1.29, 1.82) is 0 Å². The first-order valence-corrected chi connectivity index (χ1v) is 12.0. The normalized spacial score (nSPS) is 22.0.